The second kappa shape index (κ2) is 13.2. The standard InChI is InChI=1S/C31H38N4O2/c32-27(20-24-12-4-1-5-13-24)30(37)34-23-31(17-9-3-10-18-31)22-29(36)35-28(25-14-6-2-7-15-25)21-26-16-8-11-19-33-26/h1-2,4-8,11-16,19,27-28H,3,9-10,17-18,20-23,32H2,(H,34,37)(H,35,36). The Balaban J connectivity index is 1.40. The van der Waals surface area contributed by atoms with E-state index in [0.717, 1.165) is 48.9 Å². The number of aromatic nitrogens is 1. The fourth-order valence-electron chi connectivity index (χ4n) is 5.34. The number of hydrogen-bond donors (Lipinski definition) is 3. The number of benzene rings is 2. The second-order valence-corrected chi connectivity index (χ2v) is 10.3. The van der Waals surface area contributed by atoms with E-state index in [4.69, 9.17) is 5.73 Å². The third-order valence-corrected chi connectivity index (χ3v) is 7.40. The fraction of sp³-hybridized carbons (Fsp3) is 0.387. The molecule has 3 aromatic rings. The predicted octanol–water partition coefficient (Wildman–Crippen LogP) is 4.51. The van der Waals surface area contributed by atoms with Gasteiger partial charge in [0.1, 0.15) is 0 Å². The molecule has 37 heavy (non-hydrogen) atoms. The summed E-state index contributed by atoms with van der Waals surface area (Å²) in [4.78, 5) is 30.7. The van der Waals surface area contributed by atoms with Crippen molar-refractivity contribution >= 4 is 11.8 Å². The highest BCUT2D eigenvalue weighted by Crippen LogP contribution is 2.39. The van der Waals surface area contributed by atoms with E-state index in [0.29, 0.717) is 25.8 Å². The van der Waals surface area contributed by atoms with Crippen LogP contribution in [0.5, 0.6) is 0 Å². The van der Waals surface area contributed by atoms with Crippen LogP contribution in [0.2, 0.25) is 0 Å². The molecule has 0 radical (unpaired) electrons. The highest BCUT2D eigenvalue weighted by molar-refractivity contribution is 5.82. The minimum absolute atomic E-state index is 0.00881. The summed E-state index contributed by atoms with van der Waals surface area (Å²) in [6.07, 6.45) is 8.41. The summed E-state index contributed by atoms with van der Waals surface area (Å²) in [5, 5.41) is 6.37. The first kappa shape index (κ1) is 26.6. The van der Waals surface area contributed by atoms with Crippen LogP contribution in [0.15, 0.2) is 85.1 Å². The lowest BCUT2D eigenvalue weighted by atomic mass is 9.71. The normalized spacial score (nSPS) is 16.4. The summed E-state index contributed by atoms with van der Waals surface area (Å²) in [6.45, 7) is 0.470. The number of pyridine rings is 1. The maximum Gasteiger partial charge on any atom is 0.237 e. The zero-order chi connectivity index (χ0) is 25.9. The zero-order valence-corrected chi connectivity index (χ0v) is 21.4. The molecule has 2 unspecified atom stereocenters. The lowest BCUT2D eigenvalue weighted by molar-refractivity contribution is -0.127. The molecule has 0 spiro atoms. The van der Waals surface area contributed by atoms with Crippen molar-refractivity contribution in [3.63, 3.8) is 0 Å². The molecule has 4 rings (SSSR count). The first-order chi connectivity index (χ1) is 18.0. The number of rotatable bonds is 11. The number of nitrogens with one attached hydrogen (secondary N) is 2. The summed E-state index contributed by atoms with van der Waals surface area (Å²) in [5.41, 5.74) is 8.99. The summed E-state index contributed by atoms with van der Waals surface area (Å²) in [5.74, 6) is -0.152. The van der Waals surface area contributed by atoms with Crippen LogP contribution in [0, 0.1) is 5.41 Å². The van der Waals surface area contributed by atoms with Crippen LogP contribution < -0.4 is 16.4 Å². The van der Waals surface area contributed by atoms with E-state index in [1.807, 2.05) is 78.9 Å². The smallest absolute Gasteiger partial charge is 0.237 e. The molecule has 194 valence electrons. The van der Waals surface area contributed by atoms with Crippen molar-refractivity contribution in [1.82, 2.24) is 15.6 Å². The van der Waals surface area contributed by atoms with Gasteiger partial charge in [-0.15, -0.1) is 0 Å². The van der Waals surface area contributed by atoms with Crippen LogP contribution in [0.1, 0.15) is 61.4 Å². The minimum atomic E-state index is -0.613. The summed E-state index contributed by atoms with van der Waals surface area (Å²) in [6, 6.07) is 24.9. The quantitative estimate of drug-likeness (QED) is 0.362. The summed E-state index contributed by atoms with van der Waals surface area (Å²) < 4.78 is 0. The van der Waals surface area contributed by atoms with Crippen LogP contribution in [-0.4, -0.2) is 29.4 Å². The van der Waals surface area contributed by atoms with Gasteiger partial charge in [-0.2, -0.15) is 0 Å². The topological polar surface area (TPSA) is 97.1 Å². The largest absolute Gasteiger partial charge is 0.354 e. The van der Waals surface area contributed by atoms with Crippen LogP contribution >= 0.6 is 0 Å². The monoisotopic (exact) mass is 498 g/mol. The molecule has 1 fully saturated rings. The van der Waals surface area contributed by atoms with Gasteiger partial charge in [0.05, 0.1) is 12.1 Å². The molecule has 6 nitrogen and oxygen atoms in total. The third kappa shape index (κ3) is 7.99. The van der Waals surface area contributed by atoms with E-state index >= 15 is 0 Å². The van der Waals surface area contributed by atoms with Gasteiger partial charge in [0, 0.05) is 31.3 Å². The highest BCUT2D eigenvalue weighted by Gasteiger charge is 2.35. The summed E-state index contributed by atoms with van der Waals surface area (Å²) in [7, 11) is 0. The van der Waals surface area contributed by atoms with Gasteiger partial charge in [0.15, 0.2) is 0 Å². The van der Waals surface area contributed by atoms with Crippen LogP contribution in [0.4, 0.5) is 0 Å². The van der Waals surface area contributed by atoms with Crippen molar-refractivity contribution in [3.05, 3.63) is 102 Å². The molecule has 1 heterocycles. The average Bonchev–Trinajstić information content (AvgIpc) is 2.93. The molecule has 2 amide bonds. The maximum absolute atomic E-state index is 13.4. The molecule has 0 aliphatic heterocycles. The fourth-order valence-corrected chi connectivity index (χ4v) is 5.34. The van der Waals surface area contributed by atoms with Crippen LogP contribution in [0.3, 0.4) is 0 Å². The Hall–Kier alpha value is -3.51. The highest BCUT2D eigenvalue weighted by atomic mass is 16.2. The number of hydrogen-bond acceptors (Lipinski definition) is 4. The minimum Gasteiger partial charge on any atom is -0.354 e. The Kier molecular flexibility index (Phi) is 9.44. The van der Waals surface area contributed by atoms with Gasteiger partial charge in [-0.1, -0.05) is 86.0 Å². The molecule has 4 N–H and O–H groups in total. The van der Waals surface area contributed by atoms with Crippen LogP contribution in [0.25, 0.3) is 0 Å². The molecule has 2 atom stereocenters. The van der Waals surface area contributed by atoms with Gasteiger partial charge >= 0.3 is 0 Å². The first-order valence-electron chi connectivity index (χ1n) is 13.3. The molecule has 1 aromatic heterocycles. The lowest BCUT2D eigenvalue weighted by Gasteiger charge is -2.37. The molecule has 0 bridgehead atoms. The average molecular weight is 499 g/mol. The molecular formula is C31H38N4O2. The first-order valence-corrected chi connectivity index (χ1v) is 13.3. The van der Waals surface area contributed by atoms with Gasteiger partial charge < -0.3 is 16.4 Å². The number of amides is 2. The SMILES string of the molecule is NC(Cc1ccccc1)C(=O)NCC1(CC(=O)NC(Cc2ccccn2)c2ccccc2)CCCCC1. The van der Waals surface area contributed by atoms with Gasteiger partial charge in [-0.05, 0) is 47.9 Å². The Labute approximate surface area is 220 Å². The Bertz CT molecular complexity index is 1120. The molecule has 0 saturated heterocycles. The Morgan fingerprint density at radius 2 is 1.54 bits per heavy atom. The molecular weight excluding hydrogens is 460 g/mol. The van der Waals surface area contributed by atoms with E-state index < -0.39 is 6.04 Å². The number of carbonyl (C=O) groups is 2. The van der Waals surface area contributed by atoms with Crippen molar-refractivity contribution in [3.8, 4) is 0 Å². The van der Waals surface area contributed by atoms with E-state index in [1.54, 1.807) is 6.20 Å². The molecule has 1 aliphatic rings. The van der Waals surface area contributed by atoms with Crippen LogP contribution in [-0.2, 0) is 22.4 Å². The zero-order valence-electron chi connectivity index (χ0n) is 21.4. The third-order valence-electron chi connectivity index (χ3n) is 7.40. The van der Waals surface area contributed by atoms with Crippen molar-refractivity contribution in [1.29, 1.82) is 0 Å². The van der Waals surface area contributed by atoms with E-state index in [-0.39, 0.29) is 23.3 Å². The van der Waals surface area contributed by atoms with E-state index in [9.17, 15) is 9.59 Å². The molecule has 6 heteroatoms. The van der Waals surface area contributed by atoms with Crippen molar-refractivity contribution in [2.45, 2.75) is 63.5 Å². The number of nitrogens with two attached hydrogens (primary N) is 1. The van der Waals surface area contributed by atoms with E-state index in [2.05, 4.69) is 15.6 Å². The number of nitrogens with zero attached hydrogens (tertiary/aromatic N) is 1. The Morgan fingerprint density at radius 3 is 2.22 bits per heavy atom. The van der Waals surface area contributed by atoms with Crippen molar-refractivity contribution in [2.24, 2.45) is 11.1 Å². The molecule has 1 aliphatic carbocycles. The lowest BCUT2D eigenvalue weighted by Crippen LogP contribution is -2.48. The Morgan fingerprint density at radius 1 is 0.865 bits per heavy atom. The number of carbonyl (C=O) groups excluding carboxylic acids is 2. The molecule has 2 aromatic carbocycles. The predicted molar refractivity (Wildman–Crippen MR) is 147 cm³/mol. The van der Waals surface area contributed by atoms with Gasteiger partial charge in [-0.25, -0.2) is 0 Å². The van der Waals surface area contributed by atoms with Crippen molar-refractivity contribution < 1.29 is 9.59 Å². The van der Waals surface area contributed by atoms with Crippen molar-refractivity contribution in [2.75, 3.05) is 6.54 Å². The maximum atomic E-state index is 13.4. The molecule has 1 saturated carbocycles. The van der Waals surface area contributed by atoms with E-state index in [1.165, 1.54) is 0 Å². The van der Waals surface area contributed by atoms with Gasteiger partial charge in [0.2, 0.25) is 11.8 Å². The van der Waals surface area contributed by atoms with Gasteiger partial charge in [0.25, 0.3) is 0 Å². The summed E-state index contributed by atoms with van der Waals surface area (Å²) >= 11 is 0. The van der Waals surface area contributed by atoms with Gasteiger partial charge in [-0.3, -0.25) is 14.6 Å². The second-order valence-electron chi connectivity index (χ2n) is 10.3.